The second kappa shape index (κ2) is 6.30. The van der Waals surface area contributed by atoms with Gasteiger partial charge in [0, 0.05) is 25.5 Å². The average Bonchev–Trinajstić information content (AvgIpc) is 3.13. The zero-order valence-corrected chi connectivity index (χ0v) is 16.8. The Labute approximate surface area is 162 Å². The van der Waals surface area contributed by atoms with Crippen LogP contribution in [0.2, 0.25) is 0 Å². The van der Waals surface area contributed by atoms with Gasteiger partial charge in [-0.15, -0.1) is 11.3 Å². The molecule has 0 fully saturated rings. The Morgan fingerprint density at radius 3 is 2.78 bits per heavy atom. The lowest BCUT2D eigenvalue weighted by Gasteiger charge is -2.27. The van der Waals surface area contributed by atoms with Crippen molar-refractivity contribution in [1.29, 1.82) is 0 Å². The number of hydrogen-bond acceptors (Lipinski definition) is 5. The fraction of sp³-hybridized carbons (Fsp3) is 0.381. The number of carbonyl (C=O) groups excluding carboxylic acids is 2. The molecular formula is C21H22N2O3S. The highest BCUT2D eigenvalue weighted by Gasteiger charge is 2.37. The molecule has 27 heavy (non-hydrogen) atoms. The summed E-state index contributed by atoms with van der Waals surface area (Å²) in [6, 6.07) is 7.93. The maximum absolute atomic E-state index is 13.0. The highest BCUT2D eigenvalue weighted by atomic mass is 32.1. The molecule has 0 spiro atoms. The summed E-state index contributed by atoms with van der Waals surface area (Å²) in [5, 5.41) is 0.873. The van der Waals surface area contributed by atoms with Crippen LogP contribution in [0.25, 0.3) is 10.2 Å². The molecule has 140 valence electrons. The van der Waals surface area contributed by atoms with Gasteiger partial charge >= 0.3 is 0 Å². The number of aromatic nitrogens is 1. The van der Waals surface area contributed by atoms with E-state index >= 15 is 0 Å². The van der Waals surface area contributed by atoms with Gasteiger partial charge < -0.3 is 9.32 Å². The topological polar surface area (TPSA) is 63.4 Å². The van der Waals surface area contributed by atoms with Gasteiger partial charge in [-0.3, -0.25) is 9.59 Å². The largest absolute Gasteiger partial charge is 0.455 e. The van der Waals surface area contributed by atoms with Gasteiger partial charge in [-0.2, -0.15) is 0 Å². The van der Waals surface area contributed by atoms with Crippen molar-refractivity contribution in [1.82, 2.24) is 9.88 Å². The summed E-state index contributed by atoms with van der Waals surface area (Å²) in [7, 11) is 1.74. The lowest BCUT2D eigenvalue weighted by molar-refractivity contribution is 0.0746. The smallest absolute Gasteiger partial charge is 0.289 e. The van der Waals surface area contributed by atoms with Gasteiger partial charge in [0.1, 0.15) is 10.8 Å². The Kier molecular flexibility index (Phi) is 4.18. The highest BCUT2D eigenvalue weighted by molar-refractivity contribution is 7.18. The first-order chi connectivity index (χ1) is 12.7. The summed E-state index contributed by atoms with van der Waals surface area (Å²) in [6.45, 7) is 6.30. The van der Waals surface area contributed by atoms with Crippen molar-refractivity contribution in [3.05, 3.63) is 51.9 Å². The molecular weight excluding hydrogens is 360 g/mol. The van der Waals surface area contributed by atoms with Crippen LogP contribution in [0.15, 0.2) is 28.7 Å². The molecule has 0 unspecified atom stereocenters. The first-order valence-electron chi connectivity index (χ1n) is 9.00. The highest BCUT2D eigenvalue weighted by Crippen LogP contribution is 2.38. The summed E-state index contributed by atoms with van der Waals surface area (Å²) in [4.78, 5) is 31.7. The van der Waals surface area contributed by atoms with E-state index in [-0.39, 0.29) is 22.9 Å². The van der Waals surface area contributed by atoms with E-state index in [9.17, 15) is 9.59 Å². The van der Waals surface area contributed by atoms with Crippen LogP contribution in [0, 0.1) is 12.3 Å². The Morgan fingerprint density at radius 1 is 1.30 bits per heavy atom. The van der Waals surface area contributed by atoms with Crippen LogP contribution in [0.3, 0.4) is 0 Å². The van der Waals surface area contributed by atoms with Gasteiger partial charge in [0.15, 0.2) is 11.5 Å². The molecule has 0 aliphatic heterocycles. The number of amides is 1. The molecule has 1 aromatic carbocycles. The number of carbonyl (C=O) groups is 2. The summed E-state index contributed by atoms with van der Waals surface area (Å²) in [5.41, 5.74) is 2.07. The van der Waals surface area contributed by atoms with Crippen molar-refractivity contribution >= 4 is 33.2 Å². The predicted octanol–water partition coefficient (Wildman–Crippen LogP) is 4.63. The van der Waals surface area contributed by atoms with Gasteiger partial charge in [-0.05, 0) is 24.5 Å². The van der Waals surface area contributed by atoms with Gasteiger partial charge in [-0.1, -0.05) is 26.0 Å². The summed E-state index contributed by atoms with van der Waals surface area (Å²) in [5.74, 6) is 0.766. The Balaban J connectivity index is 1.60. The van der Waals surface area contributed by atoms with Crippen LogP contribution in [-0.4, -0.2) is 28.6 Å². The third-order valence-electron chi connectivity index (χ3n) is 5.03. The minimum atomic E-state index is -0.216. The molecule has 6 heteroatoms. The van der Waals surface area contributed by atoms with E-state index in [0.29, 0.717) is 36.3 Å². The molecule has 4 rings (SSSR count). The normalized spacial score (nSPS) is 15.8. The Morgan fingerprint density at radius 2 is 2.04 bits per heavy atom. The minimum Gasteiger partial charge on any atom is -0.455 e. The quantitative estimate of drug-likeness (QED) is 0.663. The fourth-order valence-corrected chi connectivity index (χ4v) is 4.74. The molecule has 0 radical (unpaired) electrons. The second-order valence-corrected chi connectivity index (χ2v) is 9.15. The first-order valence-corrected chi connectivity index (χ1v) is 9.82. The van der Waals surface area contributed by atoms with Gasteiger partial charge in [0.05, 0.1) is 22.3 Å². The van der Waals surface area contributed by atoms with E-state index in [2.05, 4.69) is 4.98 Å². The number of rotatable bonds is 3. The average molecular weight is 382 g/mol. The Bertz CT molecular complexity index is 1030. The Hall–Kier alpha value is -2.47. The van der Waals surface area contributed by atoms with Gasteiger partial charge in [-0.25, -0.2) is 4.98 Å². The number of nitrogens with zero attached hydrogens (tertiary/aromatic N) is 2. The number of ketones is 1. The second-order valence-electron chi connectivity index (χ2n) is 8.03. The SMILES string of the molecule is Cc1c(C(=O)N(C)Cc2nc3ccccc3s2)oc2c1C(=O)CC(C)(C)C2. The molecule has 0 atom stereocenters. The molecule has 0 saturated heterocycles. The lowest BCUT2D eigenvalue weighted by atomic mass is 9.76. The number of thiazole rings is 1. The number of para-hydroxylation sites is 1. The van der Waals surface area contributed by atoms with Crippen LogP contribution in [0.5, 0.6) is 0 Å². The molecule has 1 amide bonds. The predicted molar refractivity (Wildman–Crippen MR) is 105 cm³/mol. The summed E-state index contributed by atoms with van der Waals surface area (Å²) in [6.07, 6.45) is 1.15. The van der Waals surface area contributed by atoms with Gasteiger partial charge in [0.2, 0.25) is 0 Å². The maximum Gasteiger partial charge on any atom is 0.289 e. The molecule has 5 nitrogen and oxygen atoms in total. The van der Waals surface area contributed by atoms with Crippen molar-refractivity contribution < 1.29 is 14.0 Å². The third-order valence-corrected chi connectivity index (χ3v) is 6.05. The van der Waals surface area contributed by atoms with E-state index in [0.717, 1.165) is 15.2 Å². The van der Waals surface area contributed by atoms with E-state index in [1.165, 1.54) is 0 Å². The van der Waals surface area contributed by atoms with Gasteiger partial charge in [0.25, 0.3) is 5.91 Å². The zero-order valence-electron chi connectivity index (χ0n) is 16.0. The number of Topliss-reactive ketones (excluding diaryl/α,β-unsaturated/α-hetero) is 1. The molecule has 1 aliphatic carbocycles. The monoisotopic (exact) mass is 382 g/mol. The standard InChI is InChI=1S/C21H22N2O3S/c1-12-18-14(24)9-21(2,3)10-15(18)26-19(12)20(25)23(4)11-17-22-13-7-5-6-8-16(13)27-17/h5-8H,9-11H2,1-4H3. The maximum atomic E-state index is 13.0. The van der Waals surface area contributed by atoms with E-state index < -0.39 is 0 Å². The zero-order chi connectivity index (χ0) is 19.3. The third kappa shape index (κ3) is 3.18. The van der Waals surface area contributed by atoms with Crippen molar-refractivity contribution in [3.63, 3.8) is 0 Å². The molecule has 2 heterocycles. The van der Waals surface area contributed by atoms with Crippen molar-refractivity contribution in [2.45, 2.75) is 40.2 Å². The number of hydrogen-bond donors (Lipinski definition) is 0. The van der Waals surface area contributed by atoms with Crippen LogP contribution >= 0.6 is 11.3 Å². The lowest BCUT2D eigenvalue weighted by Crippen LogP contribution is -2.26. The van der Waals surface area contributed by atoms with Crippen LogP contribution < -0.4 is 0 Å². The molecule has 0 bridgehead atoms. The number of fused-ring (bicyclic) bond motifs is 2. The van der Waals surface area contributed by atoms with Crippen molar-refractivity contribution in [2.75, 3.05) is 7.05 Å². The van der Waals surface area contributed by atoms with Crippen LogP contribution in [0.4, 0.5) is 0 Å². The van der Waals surface area contributed by atoms with Crippen molar-refractivity contribution in [2.24, 2.45) is 5.41 Å². The molecule has 2 aromatic heterocycles. The van der Waals surface area contributed by atoms with Crippen LogP contribution in [-0.2, 0) is 13.0 Å². The van der Waals surface area contributed by atoms with Crippen molar-refractivity contribution in [3.8, 4) is 0 Å². The summed E-state index contributed by atoms with van der Waals surface area (Å²) < 4.78 is 7.00. The van der Waals surface area contributed by atoms with E-state index in [1.54, 1.807) is 30.2 Å². The van der Waals surface area contributed by atoms with E-state index in [1.807, 2.05) is 38.1 Å². The summed E-state index contributed by atoms with van der Waals surface area (Å²) >= 11 is 1.58. The molecule has 1 aliphatic rings. The molecule has 3 aromatic rings. The molecule has 0 saturated carbocycles. The first kappa shape index (κ1) is 17.9. The van der Waals surface area contributed by atoms with E-state index in [4.69, 9.17) is 4.42 Å². The van der Waals surface area contributed by atoms with Crippen LogP contribution in [0.1, 0.15) is 57.5 Å². The number of benzene rings is 1. The molecule has 0 N–H and O–H groups in total. The fourth-order valence-electron chi connectivity index (χ4n) is 3.72. The minimum absolute atomic E-state index is 0.0652. The number of furan rings is 1.